The van der Waals surface area contributed by atoms with Gasteiger partial charge in [-0.2, -0.15) is 0 Å². The van der Waals surface area contributed by atoms with E-state index in [4.69, 9.17) is 9.47 Å². The molecule has 1 aliphatic carbocycles. The minimum Gasteiger partial charge on any atom is -0.494 e. The van der Waals surface area contributed by atoms with Crippen molar-refractivity contribution in [1.29, 1.82) is 0 Å². The number of benzene rings is 2. The zero-order valence-electron chi connectivity index (χ0n) is 27.2. The van der Waals surface area contributed by atoms with Gasteiger partial charge in [-0.1, -0.05) is 142 Å². The third-order valence-corrected chi connectivity index (χ3v) is 8.79. The fraction of sp³-hybridized carbons (Fsp3) is 0.667. The predicted molar refractivity (Wildman–Crippen MR) is 179 cm³/mol. The van der Waals surface area contributed by atoms with Gasteiger partial charge in [-0.05, 0) is 60.4 Å². The van der Waals surface area contributed by atoms with E-state index in [2.05, 4.69) is 13.8 Å². The number of unbranched alkanes of at least 4 members (excludes halogenated alkanes) is 20. The lowest BCUT2D eigenvalue weighted by atomic mass is 10.1. The molecule has 0 radical (unpaired) electrons. The van der Waals surface area contributed by atoms with Gasteiger partial charge in [0.1, 0.15) is 11.5 Å². The van der Waals surface area contributed by atoms with Gasteiger partial charge >= 0.3 is 0 Å². The zero-order valence-corrected chi connectivity index (χ0v) is 27.2. The van der Waals surface area contributed by atoms with Crippen LogP contribution in [0.15, 0.2) is 36.4 Å². The zero-order chi connectivity index (χ0) is 29.7. The minimum atomic E-state index is 0.0836. The van der Waals surface area contributed by atoms with Gasteiger partial charge in [0.2, 0.25) is 0 Å². The van der Waals surface area contributed by atoms with Crippen LogP contribution < -0.4 is 9.47 Å². The highest BCUT2D eigenvalue weighted by molar-refractivity contribution is 6.22. The Morgan fingerprint density at radius 1 is 0.405 bits per heavy atom. The van der Waals surface area contributed by atoms with E-state index in [9.17, 15) is 4.79 Å². The highest BCUT2D eigenvalue weighted by Gasteiger charge is 2.27. The van der Waals surface area contributed by atoms with Crippen molar-refractivity contribution in [2.45, 2.75) is 155 Å². The van der Waals surface area contributed by atoms with Crippen LogP contribution in [0.25, 0.3) is 11.1 Å². The summed E-state index contributed by atoms with van der Waals surface area (Å²) in [7, 11) is 0. The van der Waals surface area contributed by atoms with Gasteiger partial charge in [-0.25, -0.2) is 0 Å². The summed E-state index contributed by atoms with van der Waals surface area (Å²) in [6.07, 6.45) is 29.2. The lowest BCUT2D eigenvalue weighted by Crippen LogP contribution is -2.01. The van der Waals surface area contributed by atoms with E-state index in [1.165, 1.54) is 128 Å². The molecule has 1 aliphatic rings. The third-order valence-electron chi connectivity index (χ3n) is 8.79. The SMILES string of the molecule is CCCCCCCCCCCCCOc1ccc2c(c1)C(=O)c1cc(OCCCCCCCCCCCCC)ccc1-2. The highest BCUT2D eigenvalue weighted by atomic mass is 16.5. The largest absolute Gasteiger partial charge is 0.494 e. The lowest BCUT2D eigenvalue weighted by Gasteiger charge is -2.08. The van der Waals surface area contributed by atoms with Gasteiger partial charge < -0.3 is 9.47 Å². The molecule has 3 nitrogen and oxygen atoms in total. The number of fused-ring (bicyclic) bond motifs is 3. The van der Waals surface area contributed by atoms with Gasteiger partial charge in [0, 0.05) is 11.1 Å². The maximum atomic E-state index is 13.2. The Labute approximate surface area is 258 Å². The second-order valence-corrected chi connectivity index (χ2v) is 12.5. The van der Waals surface area contributed by atoms with Crippen molar-refractivity contribution in [2.24, 2.45) is 0 Å². The number of carbonyl (C=O) groups excluding carboxylic acids is 1. The molecule has 0 N–H and O–H groups in total. The van der Waals surface area contributed by atoms with Gasteiger partial charge in [-0.15, -0.1) is 0 Å². The van der Waals surface area contributed by atoms with E-state index in [1.807, 2.05) is 36.4 Å². The number of rotatable bonds is 26. The van der Waals surface area contributed by atoms with E-state index < -0.39 is 0 Å². The van der Waals surface area contributed by atoms with Crippen molar-refractivity contribution in [1.82, 2.24) is 0 Å². The van der Waals surface area contributed by atoms with E-state index in [-0.39, 0.29) is 5.78 Å². The van der Waals surface area contributed by atoms with Crippen molar-refractivity contribution in [3.8, 4) is 22.6 Å². The summed E-state index contributed by atoms with van der Waals surface area (Å²) < 4.78 is 12.1. The molecule has 0 aromatic heterocycles. The van der Waals surface area contributed by atoms with Crippen LogP contribution in [0.1, 0.15) is 171 Å². The molecular formula is C39H60O3. The molecule has 0 bridgehead atoms. The van der Waals surface area contributed by atoms with Crippen LogP contribution in [0.3, 0.4) is 0 Å². The van der Waals surface area contributed by atoms with Crippen molar-refractivity contribution >= 4 is 5.78 Å². The van der Waals surface area contributed by atoms with Gasteiger partial charge in [0.05, 0.1) is 13.2 Å². The van der Waals surface area contributed by atoms with Gasteiger partial charge in [0.15, 0.2) is 5.78 Å². The molecule has 0 saturated heterocycles. The van der Waals surface area contributed by atoms with Crippen LogP contribution in [-0.2, 0) is 0 Å². The normalized spacial score (nSPS) is 12.0. The summed E-state index contributed by atoms with van der Waals surface area (Å²) >= 11 is 0. The molecule has 234 valence electrons. The Hall–Kier alpha value is -2.29. The number of ketones is 1. The molecule has 0 unspecified atom stereocenters. The van der Waals surface area contributed by atoms with Crippen LogP contribution in [0.2, 0.25) is 0 Å². The molecule has 0 fully saturated rings. The molecule has 0 heterocycles. The molecule has 42 heavy (non-hydrogen) atoms. The van der Waals surface area contributed by atoms with Crippen molar-refractivity contribution in [3.63, 3.8) is 0 Å². The van der Waals surface area contributed by atoms with E-state index >= 15 is 0 Å². The second-order valence-electron chi connectivity index (χ2n) is 12.5. The molecular weight excluding hydrogens is 516 g/mol. The molecule has 3 rings (SSSR count). The Morgan fingerprint density at radius 3 is 1.05 bits per heavy atom. The highest BCUT2D eigenvalue weighted by Crippen LogP contribution is 2.40. The predicted octanol–water partition coefficient (Wildman–Crippen LogP) is 12.3. The second kappa shape index (κ2) is 21.4. The summed E-state index contributed by atoms with van der Waals surface area (Å²) in [5.74, 6) is 1.69. The number of ether oxygens (including phenoxy) is 2. The molecule has 0 aliphatic heterocycles. The molecule has 0 atom stereocenters. The first-order valence-corrected chi connectivity index (χ1v) is 17.8. The maximum absolute atomic E-state index is 13.2. The number of hydrogen-bond donors (Lipinski definition) is 0. The topological polar surface area (TPSA) is 35.5 Å². The molecule has 0 saturated carbocycles. The third kappa shape index (κ3) is 12.5. The van der Waals surface area contributed by atoms with Crippen LogP contribution in [-0.4, -0.2) is 19.0 Å². The van der Waals surface area contributed by atoms with Crippen molar-refractivity contribution in [2.75, 3.05) is 13.2 Å². The Bertz CT molecular complexity index is 931. The molecule has 2 aromatic carbocycles. The summed E-state index contributed by atoms with van der Waals surface area (Å²) in [5, 5.41) is 0. The first-order chi connectivity index (χ1) is 20.7. The Balaban J connectivity index is 1.28. The number of carbonyl (C=O) groups is 1. The van der Waals surface area contributed by atoms with E-state index in [0.29, 0.717) is 13.2 Å². The lowest BCUT2D eigenvalue weighted by molar-refractivity contribution is 0.104. The average molecular weight is 577 g/mol. The molecule has 3 heteroatoms. The fourth-order valence-electron chi connectivity index (χ4n) is 6.13. The number of hydrogen-bond acceptors (Lipinski definition) is 3. The van der Waals surface area contributed by atoms with E-state index in [0.717, 1.165) is 46.6 Å². The van der Waals surface area contributed by atoms with E-state index in [1.54, 1.807) is 0 Å². The monoisotopic (exact) mass is 576 g/mol. The maximum Gasteiger partial charge on any atom is 0.194 e. The van der Waals surface area contributed by atoms with Crippen molar-refractivity contribution < 1.29 is 14.3 Å². The summed E-state index contributed by atoms with van der Waals surface area (Å²) in [6, 6.07) is 12.0. The summed E-state index contributed by atoms with van der Waals surface area (Å²) in [6.45, 7) is 5.98. The molecule has 2 aromatic rings. The molecule has 0 amide bonds. The van der Waals surface area contributed by atoms with Crippen molar-refractivity contribution in [3.05, 3.63) is 47.5 Å². The Kier molecular flexibility index (Phi) is 17.4. The van der Waals surface area contributed by atoms with Crippen LogP contribution in [0.5, 0.6) is 11.5 Å². The fourth-order valence-corrected chi connectivity index (χ4v) is 6.13. The van der Waals surface area contributed by atoms with Gasteiger partial charge in [0.25, 0.3) is 0 Å². The molecule has 0 spiro atoms. The van der Waals surface area contributed by atoms with Crippen LogP contribution in [0, 0.1) is 0 Å². The summed E-state index contributed by atoms with van der Waals surface area (Å²) in [5.41, 5.74) is 3.52. The average Bonchev–Trinajstić information content (AvgIpc) is 3.28. The first kappa shape index (κ1) is 34.2. The summed E-state index contributed by atoms with van der Waals surface area (Å²) in [4.78, 5) is 13.2. The quantitative estimate of drug-likeness (QED) is 0.0892. The van der Waals surface area contributed by atoms with Crippen LogP contribution in [0.4, 0.5) is 0 Å². The smallest absolute Gasteiger partial charge is 0.194 e. The Morgan fingerprint density at radius 2 is 0.714 bits per heavy atom. The standard InChI is InChI=1S/C39H60O3/c1-3-5-7-9-11-13-15-17-19-21-23-29-41-33-25-27-35-36-28-26-34(32-38(36)39(40)37(35)31-33)42-30-24-22-20-18-16-14-12-10-8-6-4-2/h25-28,31-32H,3-24,29-30H2,1-2H3. The first-order valence-electron chi connectivity index (χ1n) is 17.8. The minimum absolute atomic E-state index is 0.0836. The van der Waals surface area contributed by atoms with Crippen LogP contribution >= 0.6 is 0 Å². The van der Waals surface area contributed by atoms with Gasteiger partial charge in [-0.3, -0.25) is 4.79 Å².